The Morgan fingerprint density at radius 3 is 2.68 bits per heavy atom. The molecule has 0 aliphatic carbocycles. The number of benzene rings is 1. The fraction of sp³-hybridized carbons (Fsp3) is 0.533. The summed E-state index contributed by atoms with van der Waals surface area (Å²) in [4.78, 5) is 11.7. The molecule has 1 aromatic rings. The van der Waals surface area contributed by atoms with Gasteiger partial charge in [-0.3, -0.25) is 4.79 Å². The van der Waals surface area contributed by atoms with Crippen LogP contribution in [-0.4, -0.2) is 30.3 Å². The number of hydrogen-bond donors (Lipinski definition) is 2. The second-order valence-corrected chi connectivity index (χ2v) is 4.51. The summed E-state index contributed by atoms with van der Waals surface area (Å²) in [6.45, 7) is 3.05. The van der Waals surface area contributed by atoms with E-state index in [1.807, 2.05) is 30.3 Å². The molecule has 0 saturated carbocycles. The minimum absolute atomic E-state index is 0.0834. The molecule has 1 amide bonds. The van der Waals surface area contributed by atoms with Crippen molar-refractivity contribution in [3.8, 4) is 0 Å². The van der Waals surface area contributed by atoms with Gasteiger partial charge in [0, 0.05) is 13.2 Å². The van der Waals surface area contributed by atoms with Gasteiger partial charge < -0.3 is 15.2 Å². The largest absolute Gasteiger partial charge is 0.396 e. The number of carbonyl (C=O) groups is 1. The lowest BCUT2D eigenvalue weighted by Gasteiger charge is -2.13. The molecule has 0 saturated heterocycles. The molecule has 0 aliphatic heterocycles. The average molecular weight is 265 g/mol. The highest BCUT2D eigenvalue weighted by Gasteiger charge is 2.12. The molecular weight excluding hydrogens is 242 g/mol. The SMILES string of the molecule is CC(OCc1ccccc1)C(=O)NCCCCCO. The van der Waals surface area contributed by atoms with Crippen LogP contribution in [0.5, 0.6) is 0 Å². The number of nitrogens with one attached hydrogen (secondary N) is 1. The Labute approximate surface area is 114 Å². The van der Waals surface area contributed by atoms with Crippen molar-refractivity contribution >= 4 is 5.91 Å². The van der Waals surface area contributed by atoms with Crippen LogP contribution in [0.1, 0.15) is 31.7 Å². The van der Waals surface area contributed by atoms with Crippen LogP contribution in [0.4, 0.5) is 0 Å². The maximum absolute atomic E-state index is 11.7. The third kappa shape index (κ3) is 6.94. The normalized spacial score (nSPS) is 12.1. The van der Waals surface area contributed by atoms with Crippen LogP contribution >= 0.6 is 0 Å². The molecular formula is C15H23NO3. The maximum Gasteiger partial charge on any atom is 0.248 e. The van der Waals surface area contributed by atoms with E-state index in [9.17, 15) is 4.79 Å². The van der Waals surface area contributed by atoms with Gasteiger partial charge in [-0.05, 0) is 31.7 Å². The number of ether oxygens (including phenoxy) is 1. The molecule has 0 aromatic heterocycles. The molecule has 1 unspecified atom stereocenters. The van der Waals surface area contributed by atoms with Gasteiger partial charge in [0.25, 0.3) is 0 Å². The predicted molar refractivity (Wildman–Crippen MR) is 74.6 cm³/mol. The van der Waals surface area contributed by atoms with E-state index in [4.69, 9.17) is 9.84 Å². The van der Waals surface area contributed by atoms with Crippen molar-refractivity contribution in [3.63, 3.8) is 0 Å². The number of aliphatic hydroxyl groups excluding tert-OH is 1. The molecule has 0 fully saturated rings. The summed E-state index contributed by atoms with van der Waals surface area (Å²) < 4.78 is 5.52. The summed E-state index contributed by atoms with van der Waals surface area (Å²) in [5.74, 6) is -0.0834. The first-order chi connectivity index (χ1) is 9.24. The second kappa shape index (κ2) is 9.53. The maximum atomic E-state index is 11.7. The Kier molecular flexibility index (Phi) is 7.86. The van der Waals surface area contributed by atoms with E-state index in [1.54, 1.807) is 6.92 Å². The van der Waals surface area contributed by atoms with Gasteiger partial charge in [-0.1, -0.05) is 30.3 Å². The predicted octanol–water partition coefficient (Wildman–Crippen LogP) is 1.87. The van der Waals surface area contributed by atoms with Crippen molar-refractivity contribution in [1.29, 1.82) is 0 Å². The Hall–Kier alpha value is -1.39. The third-order valence-electron chi connectivity index (χ3n) is 2.85. The first kappa shape index (κ1) is 15.7. The third-order valence-corrected chi connectivity index (χ3v) is 2.85. The monoisotopic (exact) mass is 265 g/mol. The molecule has 4 nitrogen and oxygen atoms in total. The van der Waals surface area contributed by atoms with Gasteiger partial charge in [0.15, 0.2) is 0 Å². The minimum Gasteiger partial charge on any atom is -0.396 e. The van der Waals surface area contributed by atoms with E-state index in [-0.39, 0.29) is 12.5 Å². The summed E-state index contributed by atoms with van der Waals surface area (Å²) in [7, 11) is 0. The van der Waals surface area contributed by atoms with E-state index >= 15 is 0 Å². The Balaban J connectivity index is 2.14. The van der Waals surface area contributed by atoms with E-state index in [2.05, 4.69) is 5.32 Å². The van der Waals surface area contributed by atoms with Gasteiger partial charge in [-0.15, -0.1) is 0 Å². The van der Waals surface area contributed by atoms with Crippen LogP contribution in [0.15, 0.2) is 30.3 Å². The van der Waals surface area contributed by atoms with Crippen molar-refractivity contribution < 1.29 is 14.6 Å². The molecule has 4 heteroatoms. The number of hydrogen-bond acceptors (Lipinski definition) is 3. The fourth-order valence-electron chi connectivity index (χ4n) is 1.64. The first-order valence-corrected chi connectivity index (χ1v) is 6.78. The minimum atomic E-state index is -0.446. The zero-order valence-corrected chi connectivity index (χ0v) is 11.5. The molecule has 0 bridgehead atoms. The lowest BCUT2D eigenvalue weighted by Crippen LogP contribution is -2.35. The zero-order valence-electron chi connectivity index (χ0n) is 11.5. The summed E-state index contributed by atoms with van der Waals surface area (Å²) >= 11 is 0. The molecule has 0 aliphatic rings. The Morgan fingerprint density at radius 1 is 1.26 bits per heavy atom. The molecule has 0 heterocycles. The smallest absolute Gasteiger partial charge is 0.248 e. The van der Waals surface area contributed by atoms with Crippen molar-refractivity contribution in [3.05, 3.63) is 35.9 Å². The number of rotatable bonds is 9. The summed E-state index contributed by atoms with van der Waals surface area (Å²) in [6.07, 6.45) is 2.15. The van der Waals surface area contributed by atoms with Crippen LogP contribution < -0.4 is 5.32 Å². The number of unbranched alkanes of at least 4 members (excludes halogenated alkanes) is 2. The van der Waals surface area contributed by atoms with Gasteiger partial charge in [-0.25, -0.2) is 0 Å². The number of aliphatic hydroxyl groups is 1. The van der Waals surface area contributed by atoms with Gasteiger partial charge in [0.05, 0.1) is 6.61 Å². The second-order valence-electron chi connectivity index (χ2n) is 4.51. The van der Waals surface area contributed by atoms with Crippen molar-refractivity contribution in [2.75, 3.05) is 13.2 Å². The van der Waals surface area contributed by atoms with Crippen LogP contribution in [0.25, 0.3) is 0 Å². The van der Waals surface area contributed by atoms with Gasteiger partial charge in [0.1, 0.15) is 6.10 Å². The van der Waals surface area contributed by atoms with Crippen LogP contribution in [0.3, 0.4) is 0 Å². The molecule has 2 N–H and O–H groups in total. The molecule has 1 atom stereocenters. The molecule has 19 heavy (non-hydrogen) atoms. The van der Waals surface area contributed by atoms with Crippen LogP contribution in [-0.2, 0) is 16.1 Å². The lowest BCUT2D eigenvalue weighted by atomic mass is 10.2. The standard InChI is InChI=1S/C15H23NO3/c1-13(15(18)16-10-6-3-7-11-17)19-12-14-8-4-2-5-9-14/h2,4-5,8-9,13,17H,3,6-7,10-12H2,1H3,(H,16,18). The van der Waals surface area contributed by atoms with Crippen molar-refractivity contribution in [2.24, 2.45) is 0 Å². The summed E-state index contributed by atoms with van der Waals surface area (Å²) in [5, 5.41) is 11.5. The lowest BCUT2D eigenvalue weighted by molar-refractivity contribution is -0.132. The highest BCUT2D eigenvalue weighted by atomic mass is 16.5. The quantitative estimate of drug-likeness (QED) is 0.670. The van der Waals surface area contributed by atoms with E-state index in [0.29, 0.717) is 13.2 Å². The average Bonchev–Trinajstić information content (AvgIpc) is 2.45. The van der Waals surface area contributed by atoms with Gasteiger partial charge in [-0.2, -0.15) is 0 Å². The summed E-state index contributed by atoms with van der Waals surface area (Å²) in [6, 6.07) is 9.79. The Bertz CT molecular complexity index is 354. The molecule has 106 valence electrons. The van der Waals surface area contributed by atoms with Crippen molar-refractivity contribution in [1.82, 2.24) is 5.32 Å². The van der Waals surface area contributed by atoms with E-state index < -0.39 is 6.10 Å². The highest BCUT2D eigenvalue weighted by Crippen LogP contribution is 2.03. The van der Waals surface area contributed by atoms with Gasteiger partial charge in [0.2, 0.25) is 5.91 Å². The van der Waals surface area contributed by atoms with E-state index in [1.165, 1.54) is 0 Å². The number of amides is 1. The highest BCUT2D eigenvalue weighted by molar-refractivity contribution is 5.80. The fourth-order valence-corrected chi connectivity index (χ4v) is 1.64. The van der Waals surface area contributed by atoms with Crippen LogP contribution in [0, 0.1) is 0 Å². The van der Waals surface area contributed by atoms with Crippen LogP contribution in [0.2, 0.25) is 0 Å². The van der Waals surface area contributed by atoms with Crippen molar-refractivity contribution in [2.45, 2.75) is 38.9 Å². The Morgan fingerprint density at radius 2 is 2.00 bits per heavy atom. The number of carbonyl (C=O) groups excluding carboxylic acids is 1. The first-order valence-electron chi connectivity index (χ1n) is 6.78. The molecule has 0 spiro atoms. The molecule has 1 aromatic carbocycles. The summed E-state index contributed by atoms with van der Waals surface area (Å²) in [5.41, 5.74) is 1.06. The molecule has 1 rings (SSSR count). The van der Waals surface area contributed by atoms with E-state index in [0.717, 1.165) is 24.8 Å². The molecule has 0 radical (unpaired) electrons. The topological polar surface area (TPSA) is 58.6 Å². The van der Waals surface area contributed by atoms with Gasteiger partial charge >= 0.3 is 0 Å². The zero-order chi connectivity index (χ0) is 13.9.